The predicted molar refractivity (Wildman–Crippen MR) is 221 cm³/mol. The van der Waals surface area contributed by atoms with Gasteiger partial charge in [0.05, 0.1) is 26.1 Å². The van der Waals surface area contributed by atoms with Gasteiger partial charge in [-0.25, -0.2) is 0 Å². The minimum absolute atomic E-state index is 0.0173. The number of aromatic hydroxyl groups is 4. The van der Waals surface area contributed by atoms with Crippen LogP contribution in [0.5, 0.6) is 23.0 Å². The molecule has 0 spiro atoms. The van der Waals surface area contributed by atoms with Gasteiger partial charge < -0.3 is 29.9 Å². The fraction of sp³-hybridized carbons (Fsp3) is 0.417. The predicted octanol–water partition coefficient (Wildman–Crippen LogP) is 8.83. The van der Waals surface area contributed by atoms with Gasteiger partial charge in [0.1, 0.15) is 23.0 Å². The number of Topliss-reactive ketones (excluding diaryl/α,β-unsaturated/α-hetero) is 2. The number of ether oxygens (including phenoxy) is 2. The van der Waals surface area contributed by atoms with E-state index in [9.17, 15) is 39.6 Å². The Morgan fingerprint density at radius 1 is 0.448 bits per heavy atom. The maximum Gasteiger partial charge on any atom is 0.306 e. The second-order valence-electron chi connectivity index (χ2n) is 17.2. The number of fused-ring (bicyclic) bond motifs is 8. The molecule has 0 amide bonds. The van der Waals surface area contributed by atoms with Crippen LogP contribution in [0, 0.1) is 0 Å². The van der Waals surface area contributed by atoms with Crippen LogP contribution in [0.25, 0.3) is 0 Å². The van der Waals surface area contributed by atoms with Gasteiger partial charge in [-0.15, -0.1) is 0 Å². The van der Waals surface area contributed by atoms with Gasteiger partial charge in [-0.05, 0) is 105 Å². The van der Waals surface area contributed by atoms with Gasteiger partial charge in [0.25, 0.3) is 0 Å². The lowest BCUT2D eigenvalue weighted by Gasteiger charge is -2.25. The fourth-order valence-corrected chi connectivity index (χ4v) is 7.31. The largest absolute Gasteiger partial charge is 0.507 e. The molecule has 4 aromatic carbocycles. The minimum Gasteiger partial charge on any atom is -0.507 e. The van der Waals surface area contributed by atoms with Gasteiger partial charge >= 0.3 is 11.9 Å². The number of carbonyl (C=O) groups is 4. The van der Waals surface area contributed by atoms with Crippen molar-refractivity contribution in [3.05, 3.63) is 115 Å². The number of phenolic OH excluding ortho intramolecular Hbond substituents is 4. The summed E-state index contributed by atoms with van der Waals surface area (Å²) in [7, 11) is 0. The molecule has 10 nitrogen and oxygen atoms in total. The highest BCUT2D eigenvalue weighted by atomic mass is 16.5. The Morgan fingerprint density at radius 2 is 0.690 bits per heavy atom. The molecule has 308 valence electrons. The maximum absolute atomic E-state index is 13.7. The minimum atomic E-state index is -0.492. The van der Waals surface area contributed by atoms with Crippen molar-refractivity contribution in [3.8, 4) is 23.0 Å². The lowest BCUT2D eigenvalue weighted by atomic mass is 9.81. The topological polar surface area (TPSA) is 168 Å². The van der Waals surface area contributed by atoms with Crippen LogP contribution in [0.3, 0.4) is 0 Å². The zero-order valence-corrected chi connectivity index (χ0v) is 34.9. The first kappa shape index (κ1) is 43.5. The van der Waals surface area contributed by atoms with Crippen LogP contribution in [-0.2, 0) is 55.6 Å². The van der Waals surface area contributed by atoms with Crippen molar-refractivity contribution in [1.29, 1.82) is 0 Å². The third kappa shape index (κ3) is 10.1. The van der Waals surface area contributed by atoms with Gasteiger partial charge in [0, 0.05) is 49.7 Å². The molecule has 10 heteroatoms. The molecule has 8 bridgehead atoms. The first-order valence-corrected chi connectivity index (χ1v) is 20.0. The van der Waals surface area contributed by atoms with Crippen LogP contribution >= 0.6 is 0 Å². The lowest BCUT2D eigenvalue weighted by molar-refractivity contribution is -0.143. The molecule has 0 fully saturated rings. The summed E-state index contributed by atoms with van der Waals surface area (Å²) in [5.41, 5.74) is 4.82. The van der Waals surface area contributed by atoms with Crippen molar-refractivity contribution in [2.75, 3.05) is 13.2 Å². The average Bonchev–Trinajstić information content (AvgIpc) is 3.14. The molecule has 0 unspecified atom stereocenters. The van der Waals surface area contributed by atoms with E-state index in [-0.39, 0.29) is 121 Å². The fourth-order valence-electron chi connectivity index (χ4n) is 7.31. The normalized spacial score (nSPS) is 12.8. The van der Waals surface area contributed by atoms with Gasteiger partial charge in [-0.3, -0.25) is 19.2 Å². The Hall–Kier alpha value is -5.64. The number of rotatable bonds is 10. The monoisotopic (exact) mass is 792 g/mol. The van der Waals surface area contributed by atoms with Crippen molar-refractivity contribution in [2.45, 2.75) is 118 Å². The highest BCUT2D eigenvalue weighted by Crippen LogP contribution is 2.41. The molecule has 0 atom stereocenters. The summed E-state index contributed by atoms with van der Waals surface area (Å²) < 4.78 is 10.1. The summed E-state index contributed by atoms with van der Waals surface area (Å²) in [5, 5.41) is 47.8. The van der Waals surface area contributed by atoms with E-state index >= 15 is 0 Å². The second-order valence-corrected chi connectivity index (χ2v) is 17.2. The molecule has 1 aliphatic rings. The smallest absolute Gasteiger partial charge is 0.306 e. The van der Waals surface area contributed by atoms with E-state index in [1.54, 1.807) is 38.1 Å². The maximum atomic E-state index is 13.7. The van der Waals surface area contributed by atoms with Crippen molar-refractivity contribution >= 4 is 23.5 Å². The number of carbonyl (C=O) groups excluding carboxylic acids is 4. The molecule has 0 heterocycles. The van der Waals surface area contributed by atoms with E-state index in [4.69, 9.17) is 9.47 Å². The molecule has 58 heavy (non-hydrogen) atoms. The highest BCUT2D eigenvalue weighted by molar-refractivity contribution is 5.99. The first-order chi connectivity index (χ1) is 27.2. The lowest BCUT2D eigenvalue weighted by Crippen LogP contribution is -2.14. The third-order valence-corrected chi connectivity index (χ3v) is 10.7. The summed E-state index contributed by atoms with van der Waals surface area (Å²) in [5.74, 6) is -1.96. The highest BCUT2D eigenvalue weighted by Gasteiger charge is 2.26. The number of ketones is 2. The van der Waals surface area contributed by atoms with Gasteiger partial charge in [0.15, 0.2) is 11.6 Å². The number of esters is 2. The Bertz CT molecular complexity index is 1990. The van der Waals surface area contributed by atoms with E-state index in [1.807, 2.05) is 65.8 Å². The summed E-state index contributed by atoms with van der Waals surface area (Å²) in [6.07, 6.45) is -0.375. The molecule has 1 aliphatic carbocycles. The SMILES string of the molecule is CCOC(=O)CCC(=O)c1cc2c(O)c(c1)Cc1cc(C(C)(C)C)cc(c1O)Cc1cc(C(=O)CCC(=O)OCC)cc(c1O)Cc1cc(C(C)(C)C)cc(c1O)C2. The zero-order chi connectivity index (χ0) is 42.7. The number of benzene rings is 4. The summed E-state index contributed by atoms with van der Waals surface area (Å²) in [6, 6.07) is 13.8. The average molecular weight is 793 g/mol. The Morgan fingerprint density at radius 3 is 0.914 bits per heavy atom. The van der Waals surface area contributed by atoms with E-state index in [0.717, 1.165) is 11.1 Å². The first-order valence-electron chi connectivity index (χ1n) is 20.0. The Labute approximate surface area is 340 Å². The molecule has 4 N–H and O–H groups in total. The molecular formula is C48H56O10. The summed E-state index contributed by atoms with van der Waals surface area (Å²) in [6.45, 7) is 16.0. The van der Waals surface area contributed by atoms with Gasteiger partial charge in [-0.2, -0.15) is 0 Å². The molecule has 0 radical (unpaired) electrons. The van der Waals surface area contributed by atoms with Gasteiger partial charge in [-0.1, -0.05) is 65.8 Å². The quantitative estimate of drug-likeness (QED) is 0.0792. The van der Waals surface area contributed by atoms with Crippen LogP contribution in [0.1, 0.15) is 157 Å². The number of hydrogen-bond donors (Lipinski definition) is 4. The van der Waals surface area contributed by atoms with Crippen LogP contribution in [0.4, 0.5) is 0 Å². The third-order valence-electron chi connectivity index (χ3n) is 10.7. The number of phenols is 4. The van der Waals surface area contributed by atoms with Crippen LogP contribution in [0.2, 0.25) is 0 Å². The van der Waals surface area contributed by atoms with Crippen LogP contribution < -0.4 is 0 Å². The molecule has 4 aromatic rings. The zero-order valence-electron chi connectivity index (χ0n) is 34.9. The second kappa shape index (κ2) is 17.5. The molecule has 0 saturated carbocycles. The van der Waals surface area contributed by atoms with Crippen molar-refractivity contribution < 1.29 is 49.1 Å². The van der Waals surface area contributed by atoms with Gasteiger partial charge in [0.2, 0.25) is 0 Å². The van der Waals surface area contributed by atoms with Crippen LogP contribution in [0.15, 0.2) is 48.5 Å². The molecule has 0 aromatic heterocycles. The summed E-state index contributed by atoms with van der Waals surface area (Å²) in [4.78, 5) is 51.7. The number of hydrogen-bond acceptors (Lipinski definition) is 10. The van der Waals surface area contributed by atoms with E-state index in [0.29, 0.717) is 44.5 Å². The molecule has 0 aliphatic heterocycles. The van der Waals surface area contributed by atoms with Crippen molar-refractivity contribution in [1.82, 2.24) is 0 Å². The summed E-state index contributed by atoms with van der Waals surface area (Å²) >= 11 is 0. The Balaban J connectivity index is 1.78. The Kier molecular flexibility index (Phi) is 13.1. The van der Waals surface area contributed by atoms with E-state index < -0.39 is 11.9 Å². The van der Waals surface area contributed by atoms with E-state index in [2.05, 4.69) is 0 Å². The molecule has 5 rings (SSSR count). The standard InChI is InChI=1S/C48H56O10/c1-9-57-41(51)13-11-39(49)27-15-29-19-33-23-37(47(3,4)5)25-35(45(33)55)21-31-17-28(40(50)12-14-42(52)58-10-2)18-32(44(31)54)22-36-26-38(48(6,7)8)24-34(46(36)56)20-30(16-27)43(29)53/h15-18,23-26,53-56H,9-14,19-22H2,1-8H3. The van der Waals surface area contributed by atoms with E-state index in [1.165, 1.54) is 0 Å². The molecular weight excluding hydrogens is 737 g/mol. The van der Waals surface area contributed by atoms with Crippen LogP contribution in [-0.4, -0.2) is 57.1 Å². The molecule has 0 saturated heterocycles. The van der Waals surface area contributed by atoms with Crippen molar-refractivity contribution in [2.24, 2.45) is 0 Å². The van der Waals surface area contributed by atoms with Crippen molar-refractivity contribution in [3.63, 3.8) is 0 Å².